The number of nitro benzene ring substituents is 2. The van der Waals surface area contributed by atoms with Crippen molar-refractivity contribution in [2.45, 2.75) is 44.9 Å². The minimum atomic E-state index is -5.20. The van der Waals surface area contributed by atoms with Gasteiger partial charge in [0.1, 0.15) is 16.7 Å². The van der Waals surface area contributed by atoms with E-state index in [4.69, 9.17) is 11.1 Å². The van der Waals surface area contributed by atoms with Crippen LogP contribution in [0.25, 0.3) is 0 Å². The number of amides is 2. The Morgan fingerprint density at radius 1 is 1.03 bits per heavy atom. The number of benzene rings is 2. The summed E-state index contributed by atoms with van der Waals surface area (Å²) in [5.74, 6) is -1.43. The van der Waals surface area contributed by atoms with Crippen molar-refractivity contribution in [3.8, 4) is 0 Å². The summed E-state index contributed by atoms with van der Waals surface area (Å²) in [6.07, 6.45) is 2.19. The zero-order valence-corrected chi connectivity index (χ0v) is 20.8. The molecule has 0 spiro atoms. The topological polar surface area (TPSA) is 243 Å². The van der Waals surface area contributed by atoms with E-state index >= 15 is 0 Å². The normalized spacial score (nSPS) is 14.8. The van der Waals surface area contributed by atoms with Crippen molar-refractivity contribution in [2.24, 2.45) is 5.73 Å². The lowest BCUT2D eigenvalue weighted by atomic mass is 9.98. The Morgan fingerprint density at radius 2 is 1.63 bits per heavy atom. The van der Waals surface area contributed by atoms with Crippen molar-refractivity contribution in [1.82, 2.24) is 5.01 Å². The summed E-state index contributed by atoms with van der Waals surface area (Å²) in [6, 6.07) is 5.40. The van der Waals surface area contributed by atoms with Gasteiger partial charge in [-0.1, -0.05) is 25.0 Å². The maximum Gasteiger partial charge on any atom is 0.363 e. The SMILES string of the molecule is N=C(N)c1ccc(Cc2c([N+](=O)[O-])ccc(P(=O)(O)O)c2[N+](=O)[O-])c(NN2C(=O)CCCCCCC2=O)c1. The van der Waals surface area contributed by atoms with Crippen molar-refractivity contribution >= 4 is 47.6 Å². The van der Waals surface area contributed by atoms with Gasteiger partial charge < -0.3 is 15.5 Å². The lowest BCUT2D eigenvalue weighted by Crippen LogP contribution is -2.41. The second-order valence-electron chi connectivity index (χ2n) is 8.60. The van der Waals surface area contributed by atoms with Crippen molar-refractivity contribution in [2.75, 3.05) is 5.43 Å². The Labute approximate surface area is 215 Å². The molecule has 0 atom stereocenters. The molecule has 1 fully saturated rings. The summed E-state index contributed by atoms with van der Waals surface area (Å²) in [7, 11) is -5.20. The Hall–Kier alpha value is -4.20. The third kappa shape index (κ3) is 6.37. The number of imide groups is 1. The molecule has 2 aromatic carbocycles. The fraction of sp³-hybridized carbons (Fsp3) is 0.318. The number of nitrogen functional groups attached to an aromatic ring is 1. The summed E-state index contributed by atoms with van der Waals surface area (Å²) in [5, 5.41) is 31.1. The molecule has 1 heterocycles. The van der Waals surface area contributed by atoms with Crippen LogP contribution in [0.2, 0.25) is 0 Å². The van der Waals surface area contributed by atoms with Crippen LogP contribution in [-0.4, -0.2) is 42.3 Å². The number of amidine groups is 1. The zero-order valence-electron chi connectivity index (χ0n) is 20.0. The summed E-state index contributed by atoms with van der Waals surface area (Å²) in [6.45, 7) is 0. The van der Waals surface area contributed by atoms with Gasteiger partial charge in [0, 0.05) is 30.9 Å². The smallest absolute Gasteiger partial charge is 0.363 e. The average Bonchev–Trinajstić information content (AvgIpc) is 2.90. The number of hydrogen-bond donors (Lipinski definition) is 5. The molecule has 6 N–H and O–H groups in total. The van der Waals surface area contributed by atoms with Crippen molar-refractivity contribution < 1.29 is 33.8 Å². The number of nitrogens with two attached hydrogens (primary N) is 1. The van der Waals surface area contributed by atoms with Gasteiger partial charge in [-0.15, -0.1) is 0 Å². The van der Waals surface area contributed by atoms with E-state index in [1.54, 1.807) is 0 Å². The standard InChI is InChI=1S/C22H25N6O9P/c23-22(24)14-8-7-13(16(12-14)25-26-19(29)5-3-1-2-4-6-20(26)30)11-15-17(27(31)32)9-10-18(38(35,36)37)21(15)28(33)34/h7-10,12,25H,1-6,11H2,(H3,23,24)(H2,35,36,37). The first-order valence-electron chi connectivity index (χ1n) is 11.4. The van der Waals surface area contributed by atoms with E-state index in [2.05, 4.69) is 5.43 Å². The highest BCUT2D eigenvalue weighted by atomic mass is 31.2. The summed E-state index contributed by atoms with van der Waals surface area (Å²) in [4.78, 5) is 66.4. The molecule has 2 aromatic rings. The number of rotatable bonds is 8. The number of carbonyl (C=O) groups is 2. The highest BCUT2D eigenvalue weighted by Gasteiger charge is 2.36. The van der Waals surface area contributed by atoms with Gasteiger partial charge in [-0.3, -0.25) is 45.2 Å². The molecule has 15 nitrogen and oxygen atoms in total. The van der Waals surface area contributed by atoms with E-state index in [0.717, 1.165) is 23.9 Å². The van der Waals surface area contributed by atoms with E-state index < -0.39 is 57.9 Å². The van der Waals surface area contributed by atoms with Crippen molar-refractivity contribution in [3.05, 3.63) is 67.3 Å². The first kappa shape index (κ1) is 28.4. The number of nitro groups is 2. The second kappa shape index (κ2) is 11.5. The number of anilines is 1. The van der Waals surface area contributed by atoms with Crippen LogP contribution in [0.3, 0.4) is 0 Å². The third-order valence-corrected chi connectivity index (χ3v) is 6.97. The quantitative estimate of drug-likeness (QED) is 0.0799. The van der Waals surface area contributed by atoms with Gasteiger partial charge in [-0.2, -0.15) is 5.01 Å². The van der Waals surface area contributed by atoms with Gasteiger partial charge in [-0.25, -0.2) is 0 Å². The molecule has 1 aliphatic heterocycles. The molecule has 0 saturated carbocycles. The highest BCUT2D eigenvalue weighted by molar-refractivity contribution is 7.60. The van der Waals surface area contributed by atoms with Gasteiger partial charge in [-0.05, 0) is 30.5 Å². The maximum absolute atomic E-state index is 12.8. The van der Waals surface area contributed by atoms with Gasteiger partial charge in [0.2, 0.25) is 11.8 Å². The average molecular weight is 548 g/mol. The predicted octanol–water partition coefficient (Wildman–Crippen LogP) is 2.22. The van der Waals surface area contributed by atoms with E-state index in [0.29, 0.717) is 18.9 Å². The second-order valence-corrected chi connectivity index (χ2v) is 10.2. The predicted molar refractivity (Wildman–Crippen MR) is 135 cm³/mol. The van der Waals surface area contributed by atoms with Crippen LogP contribution >= 0.6 is 7.60 Å². The fourth-order valence-electron chi connectivity index (χ4n) is 4.10. The number of nitrogens with zero attached hydrogens (tertiary/aromatic N) is 3. The molecular formula is C22H25N6O9P. The number of hydrazine groups is 1. The monoisotopic (exact) mass is 548 g/mol. The van der Waals surface area contributed by atoms with Gasteiger partial charge in [0.05, 0.1) is 15.5 Å². The van der Waals surface area contributed by atoms with Crippen molar-refractivity contribution in [1.29, 1.82) is 5.41 Å². The largest absolute Gasteiger partial charge is 0.384 e. The molecule has 0 aromatic heterocycles. The van der Waals surface area contributed by atoms with Crippen LogP contribution < -0.4 is 16.5 Å². The fourth-order valence-corrected chi connectivity index (χ4v) is 4.87. The van der Waals surface area contributed by atoms with Crippen LogP contribution in [0.4, 0.5) is 17.1 Å². The van der Waals surface area contributed by atoms with Gasteiger partial charge in [0.15, 0.2) is 0 Å². The molecule has 2 amide bonds. The van der Waals surface area contributed by atoms with Gasteiger partial charge >= 0.3 is 7.60 Å². The first-order chi connectivity index (χ1) is 17.8. The molecule has 38 heavy (non-hydrogen) atoms. The molecule has 0 radical (unpaired) electrons. The first-order valence-corrected chi connectivity index (χ1v) is 13.0. The number of hydrogen-bond acceptors (Lipinski definition) is 9. The number of carbonyl (C=O) groups excluding carboxylic acids is 2. The summed E-state index contributed by atoms with van der Waals surface area (Å²) in [5.41, 5.74) is 6.06. The Kier molecular flexibility index (Phi) is 8.56. The molecule has 1 saturated heterocycles. The minimum absolute atomic E-state index is 0.00354. The molecule has 0 bridgehead atoms. The van der Waals surface area contributed by atoms with E-state index in [1.165, 1.54) is 18.2 Å². The van der Waals surface area contributed by atoms with Crippen LogP contribution in [-0.2, 0) is 20.6 Å². The van der Waals surface area contributed by atoms with Gasteiger partial charge in [0.25, 0.3) is 11.4 Å². The molecule has 1 aliphatic rings. The molecule has 0 unspecified atom stereocenters. The van der Waals surface area contributed by atoms with Crippen LogP contribution in [0.5, 0.6) is 0 Å². The van der Waals surface area contributed by atoms with E-state index in [9.17, 15) is 44.2 Å². The minimum Gasteiger partial charge on any atom is -0.384 e. The molecule has 3 rings (SSSR count). The highest BCUT2D eigenvalue weighted by Crippen LogP contribution is 2.42. The zero-order chi connectivity index (χ0) is 28.2. The lowest BCUT2D eigenvalue weighted by Gasteiger charge is -2.24. The van der Waals surface area contributed by atoms with E-state index in [-0.39, 0.29) is 35.5 Å². The Morgan fingerprint density at radius 3 is 2.13 bits per heavy atom. The Balaban J connectivity index is 2.19. The molecule has 202 valence electrons. The summed E-state index contributed by atoms with van der Waals surface area (Å²) < 4.78 is 11.9. The third-order valence-electron chi connectivity index (χ3n) is 5.98. The van der Waals surface area contributed by atoms with Crippen molar-refractivity contribution in [3.63, 3.8) is 0 Å². The summed E-state index contributed by atoms with van der Waals surface area (Å²) >= 11 is 0. The Bertz CT molecular complexity index is 1350. The van der Waals surface area contributed by atoms with Crippen LogP contribution in [0, 0.1) is 25.6 Å². The lowest BCUT2D eigenvalue weighted by molar-refractivity contribution is -0.394. The number of nitrogens with one attached hydrogen (secondary N) is 2. The van der Waals surface area contributed by atoms with Crippen LogP contribution in [0.1, 0.15) is 55.2 Å². The molecule has 16 heteroatoms. The molecular weight excluding hydrogens is 523 g/mol. The van der Waals surface area contributed by atoms with Crippen LogP contribution in [0.15, 0.2) is 30.3 Å². The van der Waals surface area contributed by atoms with E-state index in [1.807, 2.05) is 0 Å². The maximum atomic E-state index is 12.8. The molecule has 0 aliphatic carbocycles.